The summed E-state index contributed by atoms with van der Waals surface area (Å²) < 4.78 is 6.39. The fraction of sp³-hybridized carbons (Fsp3) is 0.833. The van der Waals surface area contributed by atoms with Crippen molar-refractivity contribution in [3.63, 3.8) is 0 Å². The van der Waals surface area contributed by atoms with Crippen molar-refractivity contribution in [1.29, 1.82) is 0 Å². The molecule has 33 heavy (non-hydrogen) atoms. The highest BCUT2D eigenvalue weighted by molar-refractivity contribution is 5.77. The number of allylic oxidation sites excluding steroid dienone is 1. The first-order chi connectivity index (χ1) is 15.5. The van der Waals surface area contributed by atoms with Crippen LogP contribution in [0.5, 0.6) is 0 Å². The Bertz CT molecular complexity index is 857. The molecule has 0 aromatic carbocycles. The second-order valence-corrected chi connectivity index (χ2v) is 13.5. The van der Waals surface area contributed by atoms with Crippen LogP contribution < -0.4 is 0 Å². The molecule has 0 aromatic heterocycles. The maximum Gasteiger partial charge on any atom is 0.312 e. The first-order valence-corrected chi connectivity index (χ1v) is 13.8. The number of rotatable bonds is 3. The van der Waals surface area contributed by atoms with Gasteiger partial charge in [0.05, 0.1) is 11.5 Å². The zero-order valence-corrected chi connectivity index (χ0v) is 21.7. The van der Waals surface area contributed by atoms with E-state index in [2.05, 4.69) is 34.3 Å². The first-order valence-electron chi connectivity index (χ1n) is 13.8. The van der Waals surface area contributed by atoms with Crippen LogP contribution in [0.2, 0.25) is 0 Å². The molecule has 4 saturated carbocycles. The van der Waals surface area contributed by atoms with Crippen molar-refractivity contribution in [3.05, 3.63) is 23.8 Å². The molecule has 5 aliphatic rings. The molecule has 184 valence electrons. The van der Waals surface area contributed by atoms with Crippen LogP contribution in [0.25, 0.3) is 0 Å². The van der Waals surface area contributed by atoms with Crippen molar-refractivity contribution in [1.82, 2.24) is 0 Å². The van der Waals surface area contributed by atoms with E-state index in [1.54, 1.807) is 0 Å². The van der Waals surface area contributed by atoms with Crippen LogP contribution >= 0.6 is 0 Å². The molecule has 0 amide bonds. The standard InChI is InChI=1S/C30H46O3/c1-18(2)22-15-23(31)19(3)14-24(22)33-27(32)29(6)12-7-11-28(5)25(29)10-13-30-16-20(4)21(17-30)8-9-26(28)30/h14,18,21-26,31H,4,7-13,15-17H2,1-3,5-6H3. The topological polar surface area (TPSA) is 46.5 Å². The van der Waals surface area contributed by atoms with Crippen LogP contribution in [0.4, 0.5) is 0 Å². The van der Waals surface area contributed by atoms with Gasteiger partial charge in [0.25, 0.3) is 0 Å². The minimum atomic E-state index is -0.410. The van der Waals surface area contributed by atoms with E-state index in [-0.39, 0.29) is 23.4 Å². The van der Waals surface area contributed by atoms with E-state index in [1.807, 2.05) is 13.0 Å². The number of hydrogen-bond donors (Lipinski definition) is 1. The quantitative estimate of drug-likeness (QED) is 0.375. The molecule has 2 bridgehead atoms. The Morgan fingerprint density at radius 3 is 2.64 bits per heavy atom. The minimum Gasteiger partial charge on any atom is -0.457 e. The number of hydrogen-bond acceptors (Lipinski definition) is 3. The summed E-state index contributed by atoms with van der Waals surface area (Å²) in [7, 11) is 0. The summed E-state index contributed by atoms with van der Waals surface area (Å²) in [4.78, 5) is 14.0. The lowest BCUT2D eigenvalue weighted by molar-refractivity contribution is -0.191. The zero-order valence-electron chi connectivity index (χ0n) is 21.7. The van der Waals surface area contributed by atoms with Crippen LogP contribution in [0.15, 0.2) is 23.8 Å². The van der Waals surface area contributed by atoms with Gasteiger partial charge in [-0.2, -0.15) is 0 Å². The average molecular weight is 455 g/mol. The summed E-state index contributed by atoms with van der Waals surface area (Å²) in [6.45, 7) is 15.6. The summed E-state index contributed by atoms with van der Waals surface area (Å²) in [5.41, 5.74) is 2.74. The van der Waals surface area contributed by atoms with Crippen LogP contribution in [0.3, 0.4) is 0 Å². The maximum absolute atomic E-state index is 14.0. The molecule has 9 atom stereocenters. The Morgan fingerprint density at radius 1 is 1.15 bits per heavy atom. The van der Waals surface area contributed by atoms with Crippen molar-refractivity contribution >= 4 is 5.97 Å². The van der Waals surface area contributed by atoms with Crippen molar-refractivity contribution < 1.29 is 14.6 Å². The van der Waals surface area contributed by atoms with Crippen LogP contribution in [0, 0.1) is 45.8 Å². The van der Waals surface area contributed by atoms with Gasteiger partial charge < -0.3 is 9.84 Å². The number of carbonyl (C=O) groups is 1. The molecule has 3 nitrogen and oxygen atoms in total. The normalized spacial score (nSPS) is 49.3. The van der Waals surface area contributed by atoms with Gasteiger partial charge in [-0.15, -0.1) is 0 Å². The molecule has 0 saturated heterocycles. The monoisotopic (exact) mass is 454 g/mol. The molecule has 4 fully saturated rings. The Kier molecular flexibility index (Phi) is 5.71. The molecular formula is C30H46O3. The number of fused-ring (bicyclic) bond motifs is 3. The smallest absolute Gasteiger partial charge is 0.312 e. The number of aliphatic hydroxyl groups excluding tert-OH is 1. The van der Waals surface area contributed by atoms with Crippen molar-refractivity contribution in [2.75, 3.05) is 0 Å². The third-order valence-electron chi connectivity index (χ3n) is 11.5. The summed E-state index contributed by atoms with van der Waals surface area (Å²) in [5, 5.41) is 10.4. The lowest BCUT2D eigenvalue weighted by atomic mass is 9.41. The van der Waals surface area contributed by atoms with Gasteiger partial charge in [-0.3, -0.25) is 4.79 Å². The second-order valence-electron chi connectivity index (χ2n) is 13.5. The van der Waals surface area contributed by atoms with Gasteiger partial charge in [0.2, 0.25) is 0 Å². The van der Waals surface area contributed by atoms with Crippen molar-refractivity contribution in [2.24, 2.45) is 45.8 Å². The van der Waals surface area contributed by atoms with Crippen molar-refractivity contribution in [3.8, 4) is 0 Å². The molecule has 5 aliphatic carbocycles. The van der Waals surface area contributed by atoms with Gasteiger partial charge in [0, 0.05) is 5.92 Å². The average Bonchev–Trinajstić information content (AvgIpc) is 2.98. The molecule has 1 spiro atoms. The Hall–Kier alpha value is -1.09. The molecule has 5 rings (SSSR count). The molecule has 3 heteroatoms. The lowest BCUT2D eigenvalue weighted by Crippen LogP contribution is -2.58. The highest BCUT2D eigenvalue weighted by Gasteiger charge is 2.65. The van der Waals surface area contributed by atoms with Crippen LogP contribution in [-0.2, 0) is 9.53 Å². The molecule has 0 aliphatic heterocycles. The maximum atomic E-state index is 14.0. The Labute approximate surface area is 201 Å². The fourth-order valence-corrected chi connectivity index (χ4v) is 9.70. The molecule has 0 heterocycles. The number of esters is 1. The predicted molar refractivity (Wildman–Crippen MR) is 132 cm³/mol. The fourth-order valence-electron chi connectivity index (χ4n) is 9.70. The largest absolute Gasteiger partial charge is 0.457 e. The predicted octanol–water partition coefficient (Wildman–Crippen LogP) is 6.85. The van der Waals surface area contributed by atoms with Gasteiger partial charge in [0.15, 0.2) is 0 Å². The zero-order chi connectivity index (χ0) is 23.8. The van der Waals surface area contributed by atoms with Gasteiger partial charge in [-0.05, 0) is 118 Å². The van der Waals surface area contributed by atoms with Gasteiger partial charge in [-0.1, -0.05) is 39.3 Å². The van der Waals surface area contributed by atoms with E-state index >= 15 is 0 Å². The SMILES string of the molecule is C=C1CC23CCC4C(C)(C(=O)OC5C=C(C)C(O)CC5C(C)C)CCCC4(C)C2CCC1C3. The minimum absolute atomic E-state index is 0.0231. The van der Waals surface area contributed by atoms with E-state index in [4.69, 9.17) is 4.74 Å². The highest BCUT2D eigenvalue weighted by atomic mass is 16.5. The van der Waals surface area contributed by atoms with Gasteiger partial charge >= 0.3 is 5.97 Å². The molecule has 0 aromatic rings. The van der Waals surface area contributed by atoms with Crippen LogP contribution in [-0.4, -0.2) is 23.3 Å². The van der Waals surface area contributed by atoms with Gasteiger partial charge in [-0.25, -0.2) is 0 Å². The second kappa shape index (κ2) is 7.97. The highest BCUT2D eigenvalue weighted by Crippen LogP contribution is 2.72. The molecular weight excluding hydrogens is 408 g/mol. The Morgan fingerprint density at radius 2 is 1.91 bits per heavy atom. The summed E-state index contributed by atoms with van der Waals surface area (Å²) >= 11 is 0. The van der Waals surface area contributed by atoms with E-state index in [0.29, 0.717) is 23.7 Å². The van der Waals surface area contributed by atoms with Crippen molar-refractivity contribution in [2.45, 2.75) is 111 Å². The number of ether oxygens (including phenoxy) is 1. The Balaban J connectivity index is 1.41. The molecule has 9 unspecified atom stereocenters. The number of carbonyl (C=O) groups excluding carboxylic acids is 1. The van der Waals surface area contributed by atoms with E-state index < -0.39 is 11.5 Å². The van der Waals surface area contributed by atoms with E-state index in [0.717, 1.165) is 36.7 Å². The third-order valence-corrected chi connectivity index (χ3v) is 11.5. The van der Waals surface area contributed by atoms with E-state index in [1.165, 1.54) is 44.1 Å². The van der Waals surface area contributed by atoms with Gasteiger partial charge in [0.1, 0.15) is 6.10 Å². The summed E-state index contributed by atoms with van der Waals surface area (Å²) in [5.74, 6) is 2.46. The molecule has 1 N–H and O–H groups in total. The van der Waals surface area contributed by atoms with E-state index in [9.17, 15) is 9.90 Å². The third kappa shape index (κ3) is 3.50. The lowest BCUT2D eigenvalue weighted by Gasteiger charge is -2.63. The number of aliphatic hydroxyl groups is 1. The molecule has 0 radical (unpaired) electrons. The van der Waals surface area contributed by atoms with Crippen LogP contribution in [0.1, 0.15) is 98.8 Å². The summed E-state index contributed by atoms with van der Waals surface area (Å²) in [6, 6.07) is 0. The first kappa shape index (κ1) is 23.6. The summed E-state index contributed by atoms with van der Waals surface area (Å²) in [6.07, 6.45) is 13.1.